The predicted octanol–water partition coefficient (Wildman–Crippen LogP) is 4.37. The van der Waals surface area contributed by atoms with Gasteiger partial charge in [-0.1, -0.05) is 23.7 Å². The number of nitrogens with zero attached hydrogens (tertiary/aromatic N) is 3. The second-order valence-corrected chi connectivity index (χ2v) is 7.13. The first-order chi connectivity index (χ1) is 11.9. The van der Waals surface area contributed by atoms with E-state index in [0.29, 0.717) is 10.1 Å². The Kier molecular flexibility index (Phi) is 7.17. The summed E-state index contributed by atoms with van der Waals surface area (Å²) in [5.74, 6) is 0. The second kappa shape index (κ2) is 9.13. The lowest BCUT2D eigenvalue weighted by molar-refractivity contribution is 0.286. The highest BCUT2D eigenvalue weighted by atomic mass is 35.5. The molecule has 25 heavy (non-hydrogen) atoms. The maximum atomic E-state index is 6.34. The summed E-state index contributed by atoms with van der Waals surface area (Å²) in [5, 5.41) is 4.60. The highest BCUT2D eigenvalue weighted by Crippen LogP contribution is 2.25. The number of hydrogen-bond donors (Lipinski definition) is 1. The van der Waals surface area contributed by atoms with Crippen LogP contribution in [0.3, 0.4) is 0 Å². The molecule has 1 atom stereocenters. The molecule has 1 N–H and O–H groups in total. The largest absolute Gasteiger partial charge is 0.339 e. The Hall–Kier alpha value is -1.69. The lowest BCUT2D eigenvalue weighted by atomic mass is 10.2. The van der Waals surface area contributed by atoms with Gasteiger partial charge in [-0.05, 0) is 70.0 Å². The van der Waals surface area contributed by atoms with Crippen LogP contribution in [0.15, 0.2) is 42.6 Å². The molecule has 1 heterocycles. The molecule has 0 aliphatic carbocycles. The summed E-state index contributed by atoms with van der Waals surface area (Å²) in [7, 11) is 4.11. The third-order valence-electron chi connectivity index (χ3n) is 4.00. The molecule has 0 saturated heterocycles. The number of nitrogens with one attached hydrogen (secondary N) is 1. The molecular weight excluding hydrogens is 352 g/mol. The van der Waals surface area contributed by atoms with Crippen molar-refractivity contribution in [1.29, 1.82) is 0 Å². The van der Waals surface area contributed by atoms with E-state index >= 15 is 0 Å². The summed E-state index contributed by atoms with van der Waals surface area (Å²) < 4.78 is 0. The number of pyridine rings is 1. The molecule has 0 fully saturated rings. The summed E-state index contributed by atoms with van der Waals surface area (Å²) in [5.41, 5.74) is 2.92. The number of likely N-dealkylation sites (N-methyl/N-ethyl adjacent to an activating group) is 1. The summed E-state index contributed by atoms with van der Waals surface area (Å²) in [6.45, 7) is 5.81. The van der Waals surface area contributed by atoms with Crippen molar-refractivity contribution in [2.24, 2.45) is 0 Å². The van der Waals surface area contributed by atoms with Gasteiger partial charge in [0.2, 0.25) is 0 Å². The predicted molar refractivity (Wildman–Crippen MR) is 110 cm³/mol. The Balaban J connectivity index is 2.20. The molecule has 6 heteroatoms. The zero-order chi connectivity index (χ0) is 18.4. The van der Waals surface area contributed by atoms with Crippen LogP contribution in [0.1, 0.15) is 24.2 Å². The molecule has 0 spiro atoms. The quantitative estimate of drug-likeness (QED) is 0.757. The number of thiocarbonyl (C=S) groups is 1. The smallest absolute Gasteiger partial charge is 0.174 e. The standard InChI is InChI=1S/C19H25ClN4S/c1-14-8-9-18(16(20)13-14)22-19(25)24(12-11-23(3)4)15(2)17-7-5-6-10-21-17/h5-10,13,15H,11-12H2,1-4H3,(H,22,25)/t15-/m0/s1. The molecule has 2 aromatic rings. The van der Waals surface area contributed by atoms with Crippen molar-refractivity contribution in [2.75, 3.05) is 32.5 Å². The molecule has 1 aromatic carbocycles. The van der Waals surface area contributed by atoms with Gasteiger partial charge in [0.05, 0.1) is 22.4 Å². The summed E-state index contributed by atoms with van der Waals surface area (Å²) in [6.07, 6.45) is 1.81. The van der Waals surface area contributed by atoms with Crippen LogP contribution in [0.25, 0.3) is 0 Å². The Bertz CT molecular complexity index is 706. The van der Waals surface area contributed by atoms with Crippen molar-refractivity contribution < 1.29 is 0 Å². The van der Waals surface area contributed by atoms with Gasteiger partial charge >= 0.3 is 0 Å². The molecule has 4 nitrogen and oxygen atoms in total. The molecule has 0 saturated carbocycles. The minimum Gasteiger partial charge on any atom is -0.339 e. The van der Waals surface area contributed by atoms with Crippen LogP contribution in [-0.2, 0) is 0 Å². The van der Waals surface area contributed by atoms with Crippen molar-refractivity contribution in [3.63, 3.8) is 0 Å². The molecule has 134 valence electrons. The van der Waals surface area contributed by atoms with E-state index in [1.165, 1.54) is 0 Å². The van der Waals surface area contributed by atoms with Crippen LogP contribution in [-0.4, -0.2) is 47.1 Å². The fraction of sp³-hybridized carbons (Fsp3) is 0.368. The first-order valence-electron chi connectivity index (χ1n) is 8.28. The minimum atomic E-state index is 0.0605. The third kappa shape index (κ3) is 5.66. The average Bonchev–Trinajstić information content (AvgIpc) is 2.58. The summed E-state index contributed by atoms with van der Waals surface area (Å²) in [4.78, 5) is 8.76. The van der Waals surface area contributed by atoms with E-state index in [1.807, 2.05) is 49.5 Å². The van der Waals surface area contributed by atoms with Gasteiger partial charge in [0, 0.05) is 19.3 Å². The van der Waals surface area contributed by atoms with Gasteiger partial charge in [0.1, 0.15) is 0 Å². The van der Waals surface area contributed by atoms with Crippen LogP contribution in [0, 0.1) is 6.92 Å². The van der Waals surface area contributed by atoms with Gasteiger partial charge in [-0.2, -0.15) is 0 Å². The number of anilines is 1. The van der Waals surface area contributed by atoms with Crippen molar-refractivity contribution in [3.05, 3.63) is 58.9 Å². The first-order valence-corrected chi connectivity index (χ1v) is 9.06. The second-order valence-electron chi connectivity index (χ2n) is 6.34. The van der Waals surface area contributed by atoms with Crippen LogP contribution in [0.4, 0.5) is 5.69 Å². The third-order valence-corrected chi connectivity index (χ3v) is 4.65. The monoisotopic (exact) mass is 376 g/mol. The first kappa shape index (κ1) is 19.6. The summed E-state index contributed by atoms with van der Waals surface area (Å²) in [6, 6.07) is 11.9. The van der Waals surface area contributed by atoms with E-state index in [1.54, 1.807) is 0 Å². The number of hydrogen-bond acceptors (Lipinski definition) is 3. The van der Waals surface area contributed by atoms with Gasteiger partial charge in [0.15, 0.2) is 5.11 Å². The van der Waals surface area contributed by atoms with Gasteiger partial charge in [-0.25, -0.2) is 0 Å². The van der Waals surface area contributed by atoms with Crippen LogP contribution in [0.5, 0.6) is 0 Å². The molecule has 0 aliphatic heterocycles. The molecular formula is C19H25ClN4S. The Labute approximate surface area is 160 Å². The van der Waals surface area contributed by atoms with Crippen molar-refractivity contribution in [3.8, 4) is 0 Å². The Morgan fingerprint density at radius 1 is 1.24 bits per heavy atom. The number of rotatable bonds is 6. The van der Waals surface area contributed by atoms with E-state index in [0.717, 1.165) is 30.0 Å². The van der Waals surface area contributed by atoms with Crippen LogP contribution >= 0.6 is 23.8 Å². The summed E-state index contributed by atoms with van der Waals surface area (Å²) >= 11 is 12.0. The zero-order valence-corrected chi connectivity index (χ0v) is 16.7. The van der Waals surface area contributed by atoms with E-state index in [2.05, 4.69) is 41.1 Å². The maximum absolute atomic E-state index is 6.34. The SMILES string of the molecule is Cc1ccc(NC(=S)N(CCN(C)C)[C@@H](C)c2ccccn2)c(Cl)c1. The van der Waals surface area contributed by atoms with Crippen molar-refractivity contribution >= 4 is 34.6 Å². The lowest BCUT2D eigenvalue weighted by Crippen LogP contribution is -2.41. The van der Waals surface area contributed by atoms with Crippen molar-refractivity contribution in [1.82, 2.24) is 14.8 Å². The highest BCUT2D eigenvalue weighted by molar-refractivity contribution is 7.80. The molecule has 0 radical (unpaired) electrons. The number of aromatic nitrogens is 1. The van der Waals surface area contributed by atoms with Gasteiger partial charge in [-0.3, -0.25) is 4.98 Å². The fourth-order valence-corrected chi connectivity index (χ4v) is 3.11. The zero-order valence-electron chi connectivity index (χ0n) is 15.2. The maximum Gasteiger partial charge on any atom is 0.174 e. The van der Waals surface area contributed by atoms with Crippen molar-refractivity contribution in [2.45, 2.75) is 19.9 Å². The topological polar surface area (TPSA) is 31.4 Å². The van der Waals surface area contributed by atoms with E-state index in [9.17, 15) is 0 Å². The molecule has 2 rings (SSSR count). The normalized spacial score (nSPS) is 12.1. The number of aryl methyl sites for hydroxylation is 1. The Morgan fingerprint density at radius 2 is 2.00 bits per heavy atom. The fourth-order valence-electron chi connectivity index (χ4n) is 2.47. The van der Waals surface area contributed by atoms with Crippen LogP contribution in [0.2, 0.25) is 5.02 Å². The minimum absolute atomic E-state index is 0.0605. The number of benzene rings is 1. The van der Waals surface area contributed by atoms with Crippen LogP contribution < -0.4 is 5.32 Å². The number of halogens is 1. The van der Waals surface area contributed by atoms with Gasteiger partial charge < -0.3 is 15.1 Å². The molecule has 0 aliphatic rings. The van der Waals surface area contributed by atoms with E-state index < -0.39 is 0 Å². The molecule has 0 unspecified atom stereocenters. The average molecular weight is 377 g/mol. The molecule has 0 bridgehead atoms. The van der Waals surface area contributed by atoms with Gasteiger partial charge in [-0.15, -0.1) is 0 Å². The van der Waals surface area contributed by atoms with E-state index in [4.69, 9.17) is 23.8 Å². The highest BCUT2D eigenvalue weighted by Gasteiger charge is 2.20. The van der Waals surface area contributed by atoms with E-state index in [-0.39, 0.29) is 6.04 Å². The lowest BCUT2D eigenvalue weighted by Gasteiger charge is -2.32. The molecule has 0 amide bonds. The Morgan fingerprint density at radius 3 is 2.60 bits per heavy atom. The molecule has 1 aromatic heterocycles. The van der Waals surface area contributed by atoms with Gasteiger partial charge in [0.25, 0.3) is 0 Å².